The largest absolute Gasteiger partial charge is 0.492 e. The minimum atomic E-state index is -0.150. The Hall–Kier alpha value is -1.84. The van der Waals surface area contributed by atoms with Crippen LogP contribution in [0.3, 0.4) is 0 Å². The molecular formula is C20H24ClNO2. The van der Waals surface area contributed by atoms with Crippen LogP contribution in [-0.2, 0) is 0 Å². The van der Waals surface area contributed by atoms with Crippen LogP contribution in [-0.4, -0.2) is 37.9 Å². The molecule has 0 aliphatic heterocycles. The number of carbonyl (C=O) groups excluding carboxylic acids is 1. The van der Waals surface area contributed by atoms with Gasteiger partial charge in [-0.25, -0.2) is 0 Å². The Bertz CT molecular complexity index is 650. The van der Waals surface area contributed by atoms with Gasteiger partial charge in [0.25, 0.3) is 0 Å². The number of rotatable bonds is 8. The van der Waals surface area contributed by atoms with E-state index >= 15 is 0 Å². The van der Waals surface area contributed by atoms with E-state index in [9.17, 15) is 4.79 Å². The fraction of sp³-hybridized carbons (Fsp3) is 0.350. The molecule has 0 N–H and O–H groups in total. The van der Waals surface area contributed by atoms with Gasteiger partial charge in [-0.1, -0.05) is 30.7 Å². The predicted molar refractivity (Wildman–Crippen MR) is 99.3 cm³/mol. The number of ketones is 1. The normalized spacial score (nSPS) is 12.2. The number of hydrogen-bond donors (Lipinski definition) is 0. The number of nitrogens with zero attached hydrogens (tertiary/aromatic N) is 1. The van der Waals surface area contributed by atoms with Crippen molar-refractivity contribution in [3.63, 3.8) is 0 Å². The molecule has 24 heavy (non-hydrogen) atoms. The van der Waals surface area contributed by atoms with Gasteiger partial charge in [0.15, 0.2) is 5.78 Å². The van der Waals surface area contributed by atoms with Crippen LogP contribution in [0.4, 0.5) is 0 Å². The van der Waals surface area contributed by atoms with E-state index in [1.807, 2.05) is 69.6 Å². The zero-order valence-corrected chi connectivity index (χ0v) is 15.2. The second-order valence-corrected chi connectivity index (χ2v) is 6.49. The lowest BCUT2D eigenvalue weighted by molar-refractivity contribution is 0.0957. The van der Waals surface area contributed by atoms with Crippen LogP contribution in [0.5, 0.6) is 5.75 Å². The predicted octanol–water partition coefficient (Wildman–Crippen LogP) is 4.66. The van der Waals surface area contributed by atoms with Crippen molar-refractivity contribution in [2.45, 2.75) is 19.3 Å². The van der Waals surface area contributed by atoms with E-state index in [1.165, 1.54) is 0 Å². The highest BCUT2D eigenvalue weighted by Crippen LogP contribution is 2.26. The standard InChI is InChI=1S/C20H24ClNO2/c1-4-19(15-5-9-17(21)10-6-15)20(23)16-7-11-18(12-8-16)24-14-13-22(2)3/h5-12,19H,4,13-14H2,1-3H3. The van der Waals surface area contributed by atoms with Gasteiger partial charge in [0, 0.05) is 23.0 Å². The summed E-state index contributed by atoms with van der Waals surface area (Å²) in [5.41, 5.74) is 1.70. The average Bonchev–Trinajstić information content (AvgIpc) is 2.57. The monoisotopic (exact) mass is 345 g/mol. The van der Waals surface area contributed by atoms with Crippen molar-refractivity contribution in [1.82, 2.24) is 4.90 Å². The van der Waals surface area contributed by atoms with Gasteiger partial charge in [-0.15, -0.1) is 0 Å². The number of likely N-dealkylation sites (N-methyl/N-ethyl adjacent to an activating group) is 1. The fourth-order valence-electron chi connectivity index (χ4n) is 2.53. The molecule has 4 heteroatoms. The summed E-state index contributed by atoms with van der Waals surface area (Å²) < 4.78 is 5.67. The first kappa shape index (κ1) is 18.5. The molecule has 1 atom stereocenters. The molecule has 1 unspecified atom stereocenters. The van der Waals surface area contributed by atoms with Gasteiger partial charge < -0.3 is 9.64 Å². The molecule has 0 amide bonds. The first-order chi connectivity index (χ1) is 11.5. The molecular weight excluding hydrogens is 322 g/mol. The highest BCUT2D eigenvalue weighted by molar-refractivity contribution is 6.30. The van der Waals surface area contributed by atoms with Gasteiger partial charge in [0.1, 0.15) is 12.4 Å². The third-order valence-electron chi connectivity index (χ3n) is 3.94. The van der Waals surface area contributed by atoms with Gasteiger partial charge in [-0.2, -0.15) is 0 Å². The Morgan fingerprint density at radius 1 is 1.08 bits per heavy atom. The van der Waals surface area contributed by atoms with E-state index in [0.29, 0.717) is 17.2 Å². The minimum Gasteiger partial charge on any atom is -0.492 e. The zero-order chi connectivity index (χ0) is 17.5. The fourth-order valence-corrected chi connectivity index (χ4v) is 2.66. The molecule has 2 aromatic rings. The molecule has 0 saturated heterocycles. The molecule has 3 nitrogen and oxygen atoms in total. The highest BCUT2D eigenvalue weighted by atomic mass is 35.5. The average molecular weight is 346 g/mol. The molecule has 128 valence electrons. The first-order valence-corrected chi connectivity index (χ1v) is 8.56. The van der Waals surface area contributed by atoms with Crippen LogP contribution < -0.4 is 4.74 Å². The Morgan fingerprint density at radius 2 is 1.71 bits per heavy atom. The van der Waals surface area contributed by atoms with Crippen molar-refractivity contribution in [2.24, 2.45) is 0 Å². The molecule has 2 aromatic carbocycles. The maximum Gasteiger partial charge on any atom is 0.170 e. The lowest BCUT2D eigenvalue weighted by Gasteiger charge is -2.15. The van der Waals surface area contributed by atoms with Crippen LogP contribution in [0.25, 0.3) is 0 Å². The lowest BCUT2D eigenvalue weighted by atomic mass is 9.88. The molecule has 0 aliphatic carbocycles. The molecule has 0 aliphatic rings. The number of ether oxygens (including phenoxy) is 1. The Kier molecular flexibility index (Phi) is 6.83. The third kappa shape index (κ3) is 5.08. The number of Topliss-reactive ketones (excluding diaryl/α,β-unsaturated/α-hetero) is 1. The van der Waals surface area contributed by atoms with Gasteiger partial charge in [-0.3, -0.25) is 4.79 Å². The topological polar surface area (TPSA) is 29.5 Å². The van der Waals surface area contributed by atoms with Crippen molar-refractivity contribution < 1.29 is 9.53 Å². The van der Waals surface area contributed by atoms with Crippen LogP contribution in [0, 0.1) is 0 Å². The van der Waals surface area contributed by atoms with E-state index in [-0.39, 0.29) is 11.7 Å². The van der Waals surface area contributed by atoms with Crippen LogP contribution >= 0.6 is 11.6 Å². The summed E-state index contributed by atoms with van der Waals surface area (Å²) >= 11 is 5.93. The molecule has 0 spiro atoms. The Balaban J connectivity index is 2.06. The lowest BCUT2D eigenvalue weighted by Crippen LogP contribution is -2.19. The van der Waals surface area contributed by atoms with E-state index in [2.05, 4.69) is 4.90 Å². The quantitative estimate of drug-likeness (QED) is 0.652. The maximum atomic E-state index is 12.8. The number of halogens is 1. The molecule has 0 aromatic heterocycles. The number of hydrogen-bond acceptors (Lipinski definition) is 3. The van der Waals surface area contributed by atoms with E-state index in [1.54, 1.807) is 0 Å². The maximum absolute atomic E-state index is 12.8. The summed E-state index contributed by atoms with van der Waals surface area (Å²) in [4.78, 5) is 14.9. The van der Waals surface area contributed by atoms with Gasteiger partial charge in [-0.05, 0) is 62.5 Å². The number of carbonyl (C=O) groups is 1. The molecule has 0 bridgehead atoms. The van der Waals surface area contributed by atoms with Crippen LogP contribution in [0.15, 0.2) is 48.5 Å². The van der Waals surface area contributed by atoms with Gasteiger partial charge in [0.2, 0.25) is 0 Å². The molecule has 0 fully saturated rings. The second kappa shape index (κ2) is 8.86. The summed E-state index contributed by atoms with van der Waals surface area (Å²) in [7, 11) is 4.01. The second-order valence-electron chi connectivity index (χ2n) is 6.05. The highest BCUT2D eigenvalue weighted by Gasteiger charge is 2.20. The van der Waals surface area contributed by atoms with Crippen molar-refractivity contribution in [1.29, 1.82) is 0 Å². The van der Waals surface area contributed by atoms with E-state index < -0.39 is 0 Å². The third-order valence-corrected chi connectivity index (χ3v) is 4.20. The van der Waals surface area contributed by atoms with Crippen molar-refractivity contribution >= 4 is 17.4 Å². The Morgan fingerprint density at radius 3 is 2.25 bits per heavy atom. The van der Waals surface area contributed by atoms with E-state index in [4.69, 9.17) is 16.3 Å². The van der Waals surface area contributed by atoms with Crippen molar-refractivity contribution in [3.05, 3.63) is 64.7 Å². The van der Waals surface area contributed by atoms with Crippen LogP contribution in [0.1, 0.15) is 35.2 Å². The Labute approximate surface area is 149 Å². The summed E-state index contributed by atoms with van der Waals surface area (Å²) in [6, 6.07) is 14.9. The van der Waals surface area contributed by atoms with E-state index in [0.717, 1.165) is 24.3 Å². The SMILES string of the molecule is CCC(C(=O)c1ccc(OCCN(C)C)cc1)c1ccc(Cl)cc1. The summed E-state index contributed by atoms with van der Waals surface area (Å²) in [6.07, 6.45) is 0.752. The van der Waals surface area contributed by atoms with Crippen molar-refractivity contribution in [2.75, 3.05) is 27.2 Å². The smallest absolute Gasteiger partial charge is 0.170 e. The summed E-state index contributed by atoms with van der Waals surface area (Å²) in [5, 5.41) is 0.681. The number of benzene rings is 2. The molecule has 0 radical (unpaired) electrons. The van der Waals surface area contributed by atoms with Gasteiger partial charge in [0.05, 0.1) is 0 Å². The zero-order valence-electron chi connectivity index (χ0n) is 14.5. The van der Waals surface area contributed by atoms with Gasteiger partial charge >= 0.3 is 0 Å². The van der Waals surface area contributed by atoms with Crippen molar-refractivity contribution in [3.8, 4) is 5.75 Å². The minimum absolute atomic E-state index is 0.125. The molecule has 0 saturated carbocycles. The summed E-state index contributed by atoms with van der Waals surface area (Å²) in [5.74, 6) is 0.760. The molecule has 2 rings (SSSR count). The molecule has 0 heterocycles. The first-order valence-electron chi connectivity index (χ1n) is 8.18. The summed E-state index contributed by atoms with van der Waals surface area (Å²) in [6.45, 7) is 3.51. The van der Waals surface area contributed by atoms with Crippen LogP contribution in [0.2, 0.25) is 5.02 Å².